The van der Waals surface area contributed by atoms with E-state index < -0.39 is 6.36 Å². The molecule has 1 saturated carbocycles. The number of alkyl halides is 3. The summed E-state index contributed by atoms with van der Waals surface area (Å²) < 4.78 is 49.1. The Kier molecular flexibility index (Phi) is 4.16. The van der Waals surface area contributed by atoms with Crippen molar-refractivity contribution >= 4 is 5.65 Å². The molecule has 0 unspecified atom stereocenters. The topological polar surface area (TPSA) is 74.6 Å². The first-order chi connectivity index (χ1) is 14.4. The molecule has 4 aromatic rings. The highest BCUT2D eigenvalue weighted by molar-refractivity contribution is 5.65. The average molecular weight is 416 g/mol. The summed E-state index contributed by atoms with van der Waals surface area (Å²) in [5.74, 6) is 1.37. The third kappa shape index (κ3) is 3.68. The lowest BCUT2D eigenvalue weighted by molar-refractivity contribution is -0.274. The number of oxazole rings is 1. The molecule has 1 aliphatic carbocycles. The van der Waals surface area contributed by atoms with Gasteiger partial charge in [-0.1, -0.05) is 12.1 Å². The van der Waals surface area contributed by atoms with Gasteiger partial charge in [-0.05, 0) is 48.2 Å². The summed E-state index contributed by atoms with van der Waals surface area (Å²) in [6.07, 6.45) is 0.721. The van der Waals surface area contributed by atoms with Gasteiger partial charge in [0.25, 0.3) is 0 Å². The molecule has 0 atom stereocenters. The molecule has 154 valence electrons. The van der Waals surface area contributed by atoms with Gasteiger partial charge in [-0.2, -0.15) is 0 Å². The Morgan fingerprint density at radius 3 is 2.53 bits per heavy atom. The van der Waals surface area contributed by atoms with Crippen LogP contribution in [-0.4, -0.2) is 25.5 Å². The Labute approximate surface area is 167 Å². The van der Waals surface area contributed by atoms with Gasteiger partial charge in [-0.15, -0.1) is 18.3 Å². The highest BCUT2D eigenvalue weighted by Gasteiger charge is 2.31. The summed E-state index contributed by atoms with van der Waals surface area (Å²) in [4.78, 5) is 16.9. The monoisotopic (exact) mass is 416 g/mol. The Hall–Kier alpha value is -3.56. The zero-order valence-corrected chi connectivity index (χ0v) is 15.5. The van der Waals surface area contributed by atoms with E-state index in [2.05, 4.69) is 14.8 Å². The van der Waals surface area contributed by atoms with Gasteiger partial charge in [0.15, 0.2) is 5.65 Å². The fraction of sp³-hybridized carbons (Fsp3) is 0.250. The Balaban J connectivity index is 1.41. The molecule has 0 amide bonds. The Morgan fingerprint density at radius 2 is 1.83 bits per heavy atom. The number of pyridine rings is 1. The molecule has 0 bridgehead atoms. The van der Waals surface area contributed by atoms with Crippen LogP contribution in [0.4, 0.5) is 13.2 Å². The molecule has 30 heavy (non-hydrogen) atoms. The van der Waals surface area contributed by atoms with Crippen molar-refractivity contribution in [3.05, 3.63) is 70.9 Å². The SMILES string of the molecule is O=c1n(Cc2ncc(C3CC3)o2)nc2ccc(-c3ccc(OC(F)(F)F)cc3)cn12. The number of halogens is 3. The highest BCUT2D eigenvalue weighted by atomic mass is 19.4. The molecule has 1 aromatic carbocycles. The van der Waals surface area contributed by atoms with Gasteiger partial charge < -0.3 is 9.15 Å². The summed E-state index contributed by atoms with van der Waals surface area (Å²) in [5, 5.41) is 4.29. The van der Waals surface area contributed by atoms with Crippen molar-refractivity contribution in [2.75, 3.05) is 0 Å². The number of rotatable bonds is 5. The van der Waals surface area contributed by atoms with Gasteiger partial charge in [0.05, 0.1) is 6.20 Å². The van der Waals surface area contributed by atoms with Gasteiger partial charge >= 0.3 is 12.1 Å². The molecule has 3 aromatic heterocycles. The zero-order valence-electron chi connectivity index (χ0n) is 15.5. The first-order valence-electron chi connectivity index (χ1n) is 9.26. The largest absolute Gasteiger partial charge is 0.573 e. The van der Waals surface area contributed by atoms with E-state index in [0.29, 0.717) is 28.6 Å². The van der Waals surface area contributed by atoms with Gasteiger partial charge in [0, 0.05) is 12.1 Å². The van der Waals surface area contributed by atoms with Crippen LogP contribution in [0.15, 0.2) is 58.0 Å². The van der Waals surface area contributed by atoms with Crippen molar-refractivity contribution in [3.63, 3.8) is 0 Å². The van der Waals surface area contributed by atoms with E-state index in [4.69, 9.17) is 4.42 Å². The molecule has 1 aliphatic rings. The minimum atomic E-state index is -4.75. The highest BCUT2D eigenvalue weighted by Crippen LogP contribution is 2.40. The van der Waals surface area contributed by atoms with E-state index in [-0.39, 0.29) is 18.0 Å². The quantitative estimate of drug-likeness (QED) is 0.492. The van der Waals surface area contributed by atoms with Crippen molar-refractivity contribution in [2.24, 2.45) is 0 Å². The van der Waals surface area contributed by atoms with Crippen LogP contribution in [0, 0.1) is 0 Å². The van der Waals surface area contributed by atoms with Crippen molar-refractivity contribution in [1.82, 2.24) is 19.2 Å². The number of ether oxygens (including phenoxy) is 1. The van der Waals surface area contributed by atoms with Gasteiger partial charge in [0.1, 0.15) is 18.1 Å². The molecule has 0 aliphatic heterocycles. The van der Waals surface area contributed by atoms with E-state index in [9.17, 15) is 18.0 Å². The lowest BCUT2D eigenvalue weighted by atomic mass is 10.1. The summed E-state index contributed by atoms with van der Waals surface area (Å²) in [5.41, 5.74) is 1.35. The van der Waals surface area contributed by atoms with Crippen molar-refractivity contribution in [3.8, 4) is 16.9 Å². The molecular weight excluding hydrogens is 401 g/mol. The molecule has 5 rings (SSSR count). The molecule has 7 nitrogen and oxygen atoms in total. The number of aromatic nitrogens is 4. The summed E-state index contributed by atoms with van der Waals surface area (Å²) in [6, 6.07) is 8.83. The first kappa shape index (κ1) is 18.5. The van der Waals surface area contributed by atoms with Crippen LogP contribution in [0.25, 0.3) is 16.8 Å². The first-order valence-corrected chi connectivity index (χ1v) is 9.26. The van der Waals surface area contributed by atoms with Crippen LogP contribution in [0.5, 0.6) is 5.75 Å². The van der Waals surface area contributed by atoms with Crippen molar-refractivity contribution < 1.29 is 22.3 Å². The predicted molar refractivity (Wildman–Crippen MR) is 99.2 cm³/mol. The molecule has 0 spiro atoms. The van der Waals surface area contributed by atoms with Crippen LogP contribution in [-0.2, 0) is 6.54 Å². The van der Waals surface area contributed by atoms with E-state index in [0.717, 1.165) is 18.6 Å². The molecule has 0 radical (unpaired) electrons. The lowest BCUT2D eigenvalue weighted by Crippen LogP contribution is -2.21. The van der Waals surface area contributed by atoms with Gasteiger partial charge in [-0.25, -0.2) is 18.9 Å². The third-order valence-electron chi connectivity index (χ3n) is 4.83. The van der Waals surface area contributed by atoms with E-state index >= 15 is 0 Å². The summed E-state index contributed by atoms with van der Waals surface area (Å²) in [6.45, 7) is 0.117. The third-order valence-corrected chi connectivity index (χ3v) is 4.83. The van der Waals surface area contributed by atoms with Crippen LogP contribution < -0.4 is 10.4 Å². The number of fused-ring (bicyclic) bond motifs is 1. The van der Waals surface area contributed by atoms with E-state index in [1.807, 2.05) is 0 Å². The standard InChI is InChI=1S/C20H15F3N4O3/c21-20(22,23)30-15-6-3-12(4-7-15)14-5-8-17-25-27(19(28)26(17)10-14)11-18-24-9-16(29-18)13-1-2-13/h3-10,13H,1-2,11H2. The smallest absolute Gasteiger partial charge is 0.443 e. The summed E-state index contributed by atoms with van der Waals surface area (Å²) >= 11 is 0. The van der Waals surface area contributed by atoms with Crippen LogP contribution in [0.2, 0.25) is 0 Å². The van der Waals surface area contributed by atoms with E-state index in [1.165, 1.54) is 33.3 Å². The number of nitrogens with zero attached hydrogens (tertiary/aromatic N) is 4. The van der Waals surface area contributed by atoms with Crippen LogP contribution in [0.3, 0.4) is 0 Å². The van der Waals surface area contributed by atoms with E-state index in [1.54, 1.807) is 24.5 Å². The minimum Gasteiger partial charge on any atom is -0.443 e. The molecular formula is C20H15F3N4O3. The van der Waals surface area contributed by atoms with Crippen molar-refractivity contribution in [1.29, 1.82) is 0 Å². The van der Waals surface area contributed by atoms with Crippen LogP contribution in [0.1, 0.15) is 30.4 Å². The molecule has 3 heterocycles. The Morgan fingerprint density at radius 1 is 1.10 bits per heavy atom. The number of hydrogen-bond acceptors (Lipinski definition) is 5. The van der Waals surface area contributed by atoms with Crippen molar-refractivity contribution in [2.45, 2.75) is 31.7 Å². The predicted octanol–water partition coefficient (Wildman–Crippen LogP) is 3.98. The summed E-state index contributed by atoms with van der Waals surface area (Å²) in [7, 11) is 0. The van der Waals surface area contributed by atoms with Crippen LogP contribution >= 0.6 is 0 Å². The molecule has 0 N–H and O–H groups in total. The average Bonchev–Trinajstić information content (AvgIpc) is 3.38. The number of hydrogen-bond donors (Lipinski definition) is 0. The van der Waals surface area contributed by atoms with Gasteiger partial charge in [0.2, 0.25) is 5.89 Å². The minimum absolute atomic E-state index is 0.117. The maximum Gasteiger partial charge on any atom is 0.573 e. The second-order valence-corrected chi connectivity index (χ2v) is 7.09. The molecule has 10 heteroatoms. The lowest BCUT2D eigenvalue weighted by Gasteiger charge is -2.09. The second-order valence-electron chi connectivity index (χ2n) is 7.09. The fourth-order valence-corrected chi connectivity index (χ4v) is 3.22. The van der Waals surface area contributed by atoms with Gasteiger partial charge in [-0.3, -0.25) is 0 Å². The second kappa shape index (κ2) is 6.75. The fourth-order valence-electron chi connectivity index (χ4n) is 3.22. The number of benzene rings is 1. The maximum absolute atomic E-state index is 12.7. The molecule has 1 fully saturated rings. The maximum atomic E-state index is 12.7. The zero-order chi connectivity index (χ0) is 20.9. The Bertz CT molecular complexity index is 1270. The normalized spacial score (nSPS) is 14.4. The molecule has 0 saturated heterocycles.